The van der Waals surface area contributed by atoms with Crippen molar-refractivity contribution in [1.29, 1.82) is 0 Å². The van der Waals surface area contributed by atoms with Crippen LogP contribution in [-0.4, -0.2) is 5.33 Å². The van der Waals surface area contributed by atoms with Crippen molar-refractivity contribution in [3.63, 3.8) is 0 Å². The standard InChI is InChI=1S/C9H15Br/c1-2-8-5-3-4-6-9(8)7-10/h2,8-9H,1,3-7H2. The number of halogens is 1. The van der Waals surface area contributed by atoms with Gasteiger partial charge in [-0.2, -0.15) is 0 Å². The molecule has 58 valence electrons. The molecule has 1 aliphatic carbocycles. The zero-order valence-electron chi connectivity index (χ0n) is 6.35. The first kappa shape index (κ1) is 8.32. The van der Waals surface area contributed by atoms with Gasteiger partial charge in [-0.3, -0.25) is 0 Å². The van der Waals surface area contributed by atoms with E-state index in [-0.39, 0.29) is 0 Å². The molecule has 1 aliphatic rings. The average molecular weight is 203 g/mol. The summed E-state index contributed by atoms with van der Waals surface area (Å²) in [6.07, 6.45) is 7.70. The van der Waals surface area contributed by atoms with Crippen molar-refractivity contribution in [2.45, 2.75) is 25.7 Å². The molecule has 0 nitrogen and oxygen atoms in total. The highest BCUT2D eigenvalue weighted by Gasteiger charge is 2.20. The molecule has 2 unspecified atom stereocenters. The fourth-order valence-corrected chi connectivity index (χ4v) is 2.54. The Bertz CT molecular complexity index is 109. The summed E-state index contributed by atoms with van der Waals surface area (Å²) in [6, 6.07) is 0. The fraction of sp³-hybridized carbons (Fsp3) is 0.778. The Morgan fingerprint density at radius 1 is 1.40 bits per heavy atom. The Morgan fingerprint density at radius 2 is 2.10 bits per heavy atom. The Balaban J connectivity index is 2.41. The molecule has 0 aromatic heterocycles. The molecule has 0 bridgehead atoms. The fourth-order valence-electron chi connectivity index (χ4n) is 1.74. The number of rotatable bonds is 2. The highest BCUT2D eigenvalue weighted by Crippen LogP contribution is 2.31. The smallest absolute Gasteiger partial charge is 0.00652 e. The van der Waals surface area contributed by atoms with E-state index in [1.54, 1.807) is 0 Å². The molecule has 0 radical (unpaired) electrons. The summed E-state index contributed by atoms with van der Waals surface area (Å²) >= 11 is 3.54. The van der Waals surface area contributed by atoms with Gasteiger partial charge in [-0.1, -0.05) is 34.8 Å². The van der Waals surface area contributed by atoms with Crippen molar-refractivity contribution in [3.05, 3.63) is 12.7 Å². The van der Waals surface area contributed by atoms with E-state index >= 15 is 0 Å². The molecule has 1 saturated carbocycles. The molecule has 2 atom stereocenters. The first-order valence-corrected chi connectivity index (χ1v) is 5.19. The van der Waals surface area contributed by atoms with E-state index in [0.29, 0.717) is 0 Å². The van der Waals surface area contributed by atoms with E-state index in [1.165, 1.54) is 25.7 Å². The molecule has 0 spiro atoms. The van der Waals surface area contributed by atoms with Gasteiger partial charge in [0.1, 0.15) is 0 Å². The molecular weight excluding hydrogens is 188 g/mol. The first-order valence-electron chi connectivity index (χ1n) is 4.07. The third-order valence-electron chi connectivity index (χ3n) is 2.47. The van der Waals surface area contributed by atoms with Crippen LogP contribution in [0.3, 0.4) is 0 Å². The zero-order valence-corrected chi connectivity index (χ0v) is 7.94. The Labute approximate surface area is 71.8 Å². The molecule has 10 heavy (non-hydrogen) atoms. The van der Waals surface area contributed by atoms with Gasteiger partial charge in [-0.25, -0.2) is 0 Å². The summed E-state index contributed by atoms with van der Waals surface area (Å²) in [5.74, 6) is 1.65. The summed E-state index contributed by atoms with van der Waals surface area (Å²) in [6.45, 7) is 3.86. The number of alkyl halides is 1. The maximum absolute atomic E-state index is 3.86. The van der Waals surface area contributed by atoms with Crippen molar-refractivity contribution < 1.29 is 0 Å². The highest BCUT2D eigenvalue weighted by atomic mass is 79.9. The Kier molecular flexibility index (Phi) is 3.47. The van der Waals surface area contributed by atoms with E-state index < -0.39 is 0 Å². The van der Waals surface area contributed by atoms with Crippen LogP contribution in [-0.2, 0) is 0 Å². The topological polar surface area (TPSA) is 0 Å². The molecule has 1 rings (SSSR count). The first-order chi connectivity index (χ1) is 4.88. The number of allylic oxidation sites excluding steroid dienone is 1. The van der Waals surface area contributed by atoms with Crippen LogP contribution in [0.4, 0.5) is 0 Å². The van der Waals surface area contributed by atoms with E-state index in [1.807, 2.05) is 0 Å². The summed E-state index contributed by atoms with van der Waals surface area (Å²) in [5.41, 5.74) is 0. The van der Waals surface area contributed by atoms with Crippen LogP contribution in [0, 0.1) is 11.8 Å². The van der Waals surface area contributed by atoms with Crippen molar-refractivity contribution >= 4 is 15.9 Å². The van der Waals surface area contributed by atoms with Crippen LogP contribution >= 0.6 is 15.9 Å². The summed E-state index contributed by atoms with van der Waals surface area (Å²) in [4.78, 5) is 0. The molecule has 0 amide bonds. The lowest BCUT2D eigenvalue weighted by molar-refractivity contribution is 0.313. The Hall–Kier alpha value is 0.220. The number of hydrogen-bond donors (Lipinski definition) is 0. The van der Waals surface area contributed by atoms with Gasteiger partial charge in [0, 0.05) is 5.33 Å². The molecule has 0 N–H and O–H groups in total. The van der Waals surface area contributed by atoms with E-state index in [9.17, 15) is 0 Å². The summed E-state index contributed by atoms with van der Waals surface area (Å²) in [7, 11) is 0. The van der Waals surface area contributed by atoms with Gasteiger partial charge in [0.25, 0.3) is 0 Å². The Morgan fingerprint density at radius 3 is 2.60 bits per heavy atom. The lowest BCUT2D eigenvalue weighted by Crippen LogP contribution is -2.18. The van der Waals surface area contributed by atoms with Crippen LogP contribution in [0.1, 0.15) is 25.7 Å². The minimum atomic E-state index is 0.785. The van der Waals surface area contributed by atoms with Crippen molar-refractivity contribution in [2.75, 3.05) is 5.33 Å². The SMILES string of the molecule is C=CC1CCCCC1CBr. The molecule has 0 aliphatic heterocycles. The lowest BCUT2D eigenvalue weighted by Gasteiger charge is -2.27. The van der Waals surface area contributed by atoms with Gasteiger partial charge in [0.05, 0.1) is 0 Å². The second kappa shape index (κ2) is 4.17. The van der Waals surface area contributed by atoms with Crippen LogP contribution < -0.4 is 0 Å². The molecule has 1 heteroatoms. The van der Waals surface area contributed by atoms with Crippen molar-refractivity contribution in [3.8, 4) is 0 Å². The third-order valence-corrected chi connectivity index (χ3v) is 3.30. The van der Waals surface area contributed by atoms with Gasteiger partial charge in [-0.05, 0) is 24.7 Å². The minimum Gasteiger partial charge on any atom is -0.103 e. The largest absolute Gasteiger partial charge is 0.103 e. The van der Waals surface area contributed by atoms with Gasteiger partial charge in [0.15, 0.2) is 0 Å². The van der Waals surface area contributed by atoms with Crippen molar-refractivity contribution in [1.82, 2.24) is 0 Å². The maximum Gasteiger partial charge on any atom is 0.00652 e. The third kappa shape index (κ3) is 1.85. The van der Waals surface area contributed by atoms with Crippen LogP contribution in [0.25, 0.3) is 0 Å². The molecule has 0 aromatic rings. The van der Waals surface area contributed by atoms with E-state index in [2.05, 4.69) is 28.6 Å². The molecular formula is C9H15Br. The lowest BCUT2D eigenvalue weighted by atomic mass is 9.81. The quantitative estimate of drug-likeness (QED) is 0.476. The highest BCUT2D eigenvalue weighted by molar-refractivity contribution is 9.09. The predicted molar refractivity (Wildman–Crippen MR) is 49.4 cm³/mol. The maximum atomic E-state index is 3.86. The van der Waals surface area contributed by atoms with Gasteiger partial charge >= 0.3 is 0 Å². The summed E-state index contributed by atoms with van der Waals surface area (Å²) < 4.78 is 0. The molecule has 1 fully saturated rings. The number of hydrogen-bond acceptors (Lipinski definition) is 0. The molecule has 0 aromatic carbocycles. The average Bonchev–Trinajstić information content (AvgIpc) is 2.04. The monoisotopic (exact) mass is 202 g/mol. The van der Waals surface area contributed by atoms with Gasteiger partial charge in [0.2, 0.25) is 0 Å². The predicted octanol–water partition coefficient (Wildman–Crippen LogP) is 3.37. The summed E-state index contributed by atoms with van der Waals surface area (Å²) in [5, 5.41) is 1.16. The van der Waals surface area contributed by atoms with Crippen molar-refractivity contribution in [2.24, 2.45) is 11.8 Å². The van der Waals surface area contributed by atoms with Gasteiger partial charge < -0.3 is 0 Å². The molecule has 0 heterocycles. The minimum absolute atomic E-state index is 0.785. The molecule has 0 saturated heterocycles. The zero-order chi connectivity index (χ0) is 7.40. The van der Waals surface area contributed by atoms with Crippen LogP contribution in [0.15, 0.2) is 12.7 Å². The van der Waals surface area contributed by atoms with Crippen LogP contribution in [0.2, 0.25) is 0 Å². The second-order valence-corrected chi connectivity index (χ2v) is 3.75. The normalized spacial score (nSPS) is 33.7. The van der Waals surface area contributed by atoms with E-state index in [0.717, 1.165) is 17.2 Å². The second-order valence-electron chi connectivity index (χ2n) is 3.10. The van der Waals surface area contributed by atoms with E-state index in [4.69, 9.17) is 0 Å². The van der Waals surface area contributed by atoms with Crippen LogP contribution in [0.5, 0.6) is 0 Å². The van der Waals surface area contributed by atoms with Gasteiger partial charge in [-0.15, -0.1) is 6.58 Å².